The Labute approximate surface area is 202 Å². The minimum absolute atomic E-state index is 0.248. The van der Waals surface area contributed by atoms with Crippen LogP contribution in [-0.4, -0.2) is 61.6 Å². The third-order valence-corrected chi connectivity index (χ3v) is 6.83. The summed E-state index contributed by atoms with van der Waals surface area (Å²) in [6.07, 6.45) is 2.18. The minimum Gasteiger partial charge on any atom is -0.462 e. The Hall–Kier alpha value is -2.89. The molecular weight excluding hydrogens is 477 g/mol. The topological polar surface area (TPSA) is 147 Å². The summed E-state index contributed by atoms with van der Waals surface area (Å²) in [5.41, 5.74) is 1.16. The first-order chi connectivity index (χ1) is 16.7. The number of hydrogen-bond donors (Lipinski definition) is 2. The van der Waals surface area contributed by atoms with Crippen LogP contribution < -0.4 is 9.61 Å². The molecule has 0 amide bonds. The van der Waals surface area contributed by atoms with E-state index in [0.717, 1.165) is 0 Å². The summed E-state index contributed by atoms with van der Waals surface area (Å²) in [4.78, 5) is 24.7. The molecule has 0 bridgehead atoms. The van der Waals surface area contributed by atoms with E-state index in [4.69, 9.17) is 18.5 Å². The first-order valence-corrected chi connectivity index (χ1v) is 12.7. The highest BCUT2D eigenvalue weighted by molar-refractivity contribution is 7.52. The van der Waals surface area contributed by atoms with Crippen molar-refractivity contribution < 1.29 is 33.0 Å². The molecule has 0 radical (unpaired) electrons. The van der Waals surface area contributed by atoms with Gasteiger partial charge in [0.05, 0.1) is 31.3 Å². The molecule has 2 aromatic heterocycles. The van der Waals surface area contributed by atoms with Crippen molar-refractivity contribution in [1.82, 2.24) is 24.6 Å². The fourth-order valence-electron chi connectivity index (χ4n) is 3.54. The maximum atomic E-state index is 13.6. The van der Waals surface area contributed by atoms with Crippen molar-refractivity contribution in [2.24, 2.45) is 0 Å². The van der Waals surface area contributed by atoms with Crippen LogP contribution in [0.1, 0.15) is 33.4 Å². The van der Waals surface area contributed by atoms with Gasteiger partial charge in [-0.25, -0.2) is 19.5 Å². The lowest BCUT2D eigenvalue weighted by atomic mass is 10.2. The Bertz CT molecular complexity index is 1190. The van der Waals surface area contributed by atoms with E-state index in [2.05, 4.69) is 20.0 Å². The normalized spacial score (nSPS) is 22.7. The van der Waals surface area contributed by atoms with Crippen LogP contribution in [0.2, 0.25) is 0 Å². The van der Waals surface area contributed by atoms with Gasteiger partial charge in [0.25, 0.3) is 0 Å². The molecule has 3 heterocycles. The van der Waals surface area contributed by atoms with Crippen LogP contribution >= 0.6 is 7.75 Å². The quantitative estimate of drug-likeness (QED) is 0.309. The first kappa shape index (κ1) is 25.2. The van der Waals surface area contributed by atoms with Gasteiger partial charge in [-0.15, -0.1) is 0 Å². The number of ether oxygens (including phenoxy) is 2. The van der Waals surface area contributed by atoms with E-state index in [9.17, 15) is 14.5 Å². The number of benzene rings is 1. The highest BCUT2D eigenvalue weighted by Crippen LogP contribution is 2.46. The molecule has 13 heteroatoms. The van der Waals surface area contributed by atoms with E-state index in [1.54, 1.807) is 61.3 Å². The number of carbonyl (C=O) groups excluding carboxylic acids is 1. The predicted octanol–water partition coefficient (Wildman–Crippen LogP) is 2.61. The number of aromatic nitrogens is 4. The molecule has 2 N–H and O–H groups in total. The number of rotatable bonds is 10. The second-order valence-corrected chi connectivity index (χ2v) is 10.0. The third kappa shape index (κ3) is 6.22. The number of para-hydroxylation sites is 1. The number of aliphatic hydroxyl groups excluding tert-OH is 1. The third-order valence-electron chi connectivity index (χ3n) is 5.19. The summed E-state index contributed by atoms with van der Waals surface area (Å²) in [5, 5.41) is 13.2. The van der Waals surface area contributed by atoms with Crippen molar-refractivity contribution in [3.05, 3.63) is 49.2 Å². The van der Waals surface area contributed by atoms with E-state index in [1.165, 1.54) is 13.3 Å². The maximum Gasteiger partial charge on any atom is 0.459 e. The predicted molar refractivity (Wildman–Crippen MR) is 124 cm³/mol. The van der Waals surface area contributed by atoms with Gasteiger partial charge in [-0.1, -0.05) is 18.2 Å². The SMILES string of the molecule is CC(C)OC(=O)C(C)NP(=O)(OCC1OC(n2cnc3cncnc32)CC1O)Oc1ccccc1. The first-order valence-electron chi connectivity index (χ1n) is 11.2. The van der Waals surface area contributed by atoms with Gasteiger partial charge in [-0.2, -0.15) is 5.09 Å². The molecule has 0 saturated carbocycles. The number of aliphatic hydroxyl groups is 1. The van der Waals surface area contributed by atoms with Crippen molar-refractivity contribution >= 4 is 24.9 Å². The van der Waals surface area contributed by atoms with Crippen LogP contribution in [0.4, 0.5) is 0 Å². The van der Waals surface area contributed by atoms with Crippen molar-refractivity contribution in [3.8, 4) is 5.75 Å². The monoisotopic (exact) mass is 505 g/mol. The number of nitrogens with one attached hydrogen (secondary N) is 1. The molecule has 0 spiro atoms. The zero-order valence-electron chi connectivity index (χ0n) is 19.6. The largest absolute Gasteiger partial charge is 0.462 e. The number of hydrogen-bond acceptors (Lipinski definition) is 10. The highest BCUT2D eigenvalue weighted by Gasteiger charge is 2.39. The minimum atomic E-state index is -4.07. The van der Waals surface area contributed by atoms with Gasteiger partial charge in [0.15, 0.2) is 5.65 Å². The second-order valence-electron chi connectivity index (χ2n) is 8.35. The van der Waals surface area contributed by atoms with Crippen molar-refractivity contribution in [3.63, 3.8) is 0 Å². The molecule has 1 aromatic carbocycles. The number of nitrogens with zero attached hydrogens (tertiary/aromatic N) is 4. The van der Waals surface area contributed by atoms with Crippen LogP contribution in [-0.2, 0) is 23.4 Å². The Morgan fingerprint density at radius 1 is 1.29 bits per heavy atom. The molecule has 5 unspecified atom stereocenters. The highest BCUT2D eigenvalue weighted by atomic mass is 31.2. The van der Waals surface area contributed by atoms with E-state index in [1.807, 2.05) is 0 Å². The van der Waals surface area contributed by atoms with E-state index in [0.29, 0.717) is 11.2 Å². The molecule has 4 rings (SSSR count). The van der Waals surface area contributed by atoms with Gasteiger partial charge in [-0.3, -0.25) is 13.9 Å². The van der Waals surface area contributed by atoms with E-state index >= 15 is 0 Å². The standard InChI is InChI=1S/C22H28N5O7P/c1-14(2)32-22(29)15(3)26-35(30,34-16-7-5-4-6-8-16)31-11-19-18(28)9-20(33-19)27-13-25-17-10-23-12-24-21(17)27/h4-8,10,12-15,18-20,28H,9,11H2,1-3H3,(H,26,30). The van der Waals surface area contributed by atoms with Gasteiger partial charge in [0.1, 0.15) is 36.0 Å². The van der Waals surface area contributed by atoms with Crippen LogP contribution in [0.5, 0.6) is 5.75 Å². The van der Waals surface area contributed by atoms with Crippen LogP contribution in [0.25, 0.3) is 11.2 Å². The average Bonchev–Trinajstić information content (AvgIpc) is 3.41. The second kappa shape index (κ2) is 10.8. The Kier molecular flexibility index (Phi) is 7.78. The molecular formula is C22H28N5O7P. The van der Waals surface area contributed by atoms with Crippen LogP contribution in [0, 0.1) is 0 Å². The lowest BCUT2D eigenvalue weighted by Gasteiger charge is -2.25. The van der Waals surface area contributed by atoms with Crippen LogP contribution in [0.3, 0.4) is 0 Å². The van der Waals surface area contributed by atoms with Gasteiger partial charge in [0.2, 0.25) is 0 Å². The maximum absolute atomic E-state index is 13.6. The average molecular weight is 505 g/mol. The number of carbonyl (C=O) groups is 1. The number of esters is 1. The fourth-order valence-corrected chi connectivity index (χ4v) is 5.04. The molecule has 35 heavy (non-hydrogen) atoms. The molecule has 188 valence electrons. The molecule has 0 aliphatic carbocycles. The molecule has 5 atom stereocenters. The zero-order valence-corrected chi connectivity index (χ0v) is 20.4. The van der Waals surface area contributed by atoms with Gasteiger partial charge >= 0.3 is 13.7 Å². The lowest BCUT2D eigenvalue weighted by Crippen LogP contribution is -2.37. The summed E-state index contributed by atoms with van der Waals surface area (Å²) in [7, 11) is -4.07. The molecule has 1 aliphatic rings. The summed E-state index contributed by atoms with van der Waals surface area (Å²) in [6, 6.07) is 7.44. The summed E-state index contributed by atoms with van der Waals surface area (Å²) in [6.45, 7) is 4.66. The van der Waals surface area contributed by atoms with E-state index < -0.39 is 38.2 Å². The molecule has 3 aromatic rings. The van der Waals surface area contributed by atoms with Gasteiger partial charge < -0.3 is 19.1 Å². The van der Waals surface area contributed by atoms with Crippen molar-refractivity contribution in [2.45, 2.75) is 57.8 Å². The molecule has 1 saturated heterocycles. The fraction of sp³-hybridized carbons (Fsp3) is 0.455. The Balaban J connectivity index is 1.45. The lowest BCUT2D eigenvalue weighted by molar-refractivity contribution is -0.149. The molecule has 12 nitrogen and oxygen atoms in total. The smallest absolute Gasteiger partial charge is 0.459 e. The van der Waals surface area contributed by atoms with Crippen LogP contribution in [0.15, 0.2) is 49.2 Å². The van der Waals surface area contributed by atoms with Crippen molar-refractivity contribution in [1.29, 1.82) is 0 Å². The summed E-state index contributed by atoms with van der Waals surface area (Å²) >= 11 is 0. The summed E-state index contributed by atoms with van der Waals surface area (Å²) < 4.78 is 37.7. The molecule has 1 fully saturated rings. The Morgan fingerprint density at radius 2 is 2.06 bits per heavy atom. The Morgan fingerprint density at radius 3 is 2.80 bits per heavy atom. The van der Waals surface area contributed by atoms with Gasteiger partial charge in [-0.05, 0) is 32.9 Å². The van der Waals surface area contributed by atoms with Crippen molar-refractivity contribution in [2.75, 3.05) is 6.61 Å². The molecule has 1 aliphatic heterocycles. The van der Waals surface area contributed by atoms with E-state index in [-0.39, 0.29) is 24.9 Å². The van der Waals surface area contributed by atoms with Gasteiger partial charge in [0, 0.05) is 6.42 Å². The zero-order chi connectivity index (χ0) is 25.0. The summed E-state index contributed by atoms with van der Waals surface area (Å²) in [5.74, 6) is -0.324. The number of imidazole rings is 1. The number of fused-ring (bicyclic) bond motifs is 1.